The number of nitrogens with zero attached hydrogens (tertiary/aromatic N) is 1. The fourth-order valence-electron chi connectivity index (χ4n) is 2.01. The van der Waals surface area contributed by atoms with Gasteiger partial charge in [0.15, 0.2) is 0 Å². The van der Waals surface area contributed by atoms with E-state index in [0.29, 0.717) is 15.6 Å². The summed E-state index contributed by atoms with van der Waals surface area (Å²) in [5.41, 5.74) is 1.84. The van der Waals surface area contributed by atoms with Crippen molar-refractivity contribution in [2.24, 2.45) is 0 Å². The van der Waals surface area contributed by atoms with Crippen molar-refractivity contribution in [2.75, 3.05) is 6.61 Å². The predicted octanol–water partition coefficient (Wildman–Crippen LogP) is 3.44. The second-order valence-electron chi connectivity index (χ2n) is 4.91. The van der Waals surface area contributed by atoms with Gasteiger partial charge in [0.2, 0.25) is 0 Å². The Hall–Kier alpha value is -1.44. The molecule has 1 aromatic heterocycles. The molecule has 2 aromatic rings. The van der Waals surface area contributed by atoms with Gasteiger partial charge in [0.05, 0.1) is 12.6 Å². The number of hydrogen-bond donors (Lipinski definition) is 2. The highest BCUT2D eigenvalue weighted by atomic mass is 79.9. The van der Waals surface area contributed by atoms with Crippen LogP contribution in [0.15, 0.2) is 51.7 Å². The van der Waals surface area contributed by atoms with Crippen LogP contribution in [0.25, 0.3) is 0 Å². The normalized spacial score (nSPS) is 11.8. The number of alkyl carbamates (subject to hydrolysis) is 1. The molecule has 1 unspecified atom stereocenters. The molecule has 1 atom stereocenters. The van der Waals surface area contributed by atoms with Crippen molar-refractivity contribution < 1.29 is 14.6 Å². The number of aliphatic hydroxyl groups is 1. The van der Waals surface area contributed by atoms with Gasteiger partial charge in [-0.15, -0.1) is 0 Å². The van der Waals surface area contributed by atoms with E-state index in [4.69, 9.17) is 4.74 Å². The number of ether oxygens (including phenoxy) is 1. The zero-order chi connectivity index (χ0) is 16.7. The molecule has 0 aliphatic carbocycles. The summed E-state index contributed by atoms with van der Waals surface area (Å²) in [6, 6.07) is 12.7. The largest absolute Gasteiger partial charge is 0.445 e. The molecule has 0 bridgehead atoms. The van der Waals surface area contributed by atoms with Gasteiger partial charge in [-0.05, 0) is 61.5 Å². The van der Waals surface area contributed by atoms with Crippen molar-refractivity contribution in [3.8, 4) is 0 Å². The van der Waals surface area contributed by atoms with Crippen molar-refractivity contribution in [3.05, 3.63) is 62.8 Å². The highest BCUT2D eigenvalue weighted by molar-refractivity contribution is 9.11. The van der Waals surface area contributed by atoms with Crippen LogP contribution in [-0.4, -0.2) is 28.8 Å². The Labute approximate surface area is 151 Å². The first-order valence-electron chi connectivity index (χ1n) is 6.97. The molecular weight excluding hydrogens is 428 g/mol. The summed E-state index contributed by atoms with van der Waals surface area (Å²) < 4.78 is 6.52. The molecule has 0 aliphatic rings. The van der Waals surface area contributed by atoms with Crippen molar-refractivity contribution in [2.45, 2.75) is 19.1 Å². The quantitative estimate of drug-likeness (QED) is 0.671. The topological polar surface area (TPSA) is 71.5 Å². The maximum absolute atomic E-state index is 11.8. The van der Waals surface area contributed by atoms with E-state index in [-0.39, 0.29) is 13.2 Å². The van der Waals surface area contributed by atoms with E-state index in [9.17, 15) is 9.90 Å². The van der Waals surface area contributed by atoms with Crippen LogP contribution in [0.3, 0.4) is 0 Å². The monoisotopic (exact) mass is 442 g/mol. The van der Waals surface area contributed by atoms with Gasteiger partial charge in [-0.1, -0.05) is 30.3 Å². The highest BCUT2D eigenvalue weighted by Crippen LogP contribution is 2.17. The Bertz CT molecular complexity index is 633. The minimum atomic E-state index is -0.555. The number of amides is 1. The molecule has 2 N–H and O–H groups in total. The average Bonchev–Trinajstić information content (AvgIpc) is 2.52. The molecule has 0 spiro atoms. The first-order valence-corrected chi connectivity index (χ1v) is 8.55. The van der Waals surface area contributed by atoms with E-state index in [1.165, 1.54) is 0 Å². The number of aromatic nitrogens is 1. The Kier molecular flexibility index (Phi) is 7.01. The Morgan fingerprint density at radius 1 is 1.17 bits per heavy atom. The van der Waals surface area contributed by atoms with E-state index in [1.54, 1.807) is 0 Å². The molecule has 23 heavy (non-hydrogen) atoms. The van der Waals surface area contributed by atoms with Crippen molar-refractivity contribution >= 4 is 38.0 Å². The van der Waals surface area contributed by atoms with Crippen LogP contribution < -0.4 is 5.32 Å². The lowest BCUT2D eigenvalue weighted by atomic mass is 10.1. The number of halogens is 2. The van der Waals surface area contributed by atoms with Crippen LogP contribution in [0.4, 0.5) is 4.79 Å². The van der Waals surface area contributed by atoms with Gasteiger partial charge >= 0.3 is 6.09 Å². The standard InChI is InChI=1S/C16H16Br2N2O3/c17-14-7-12(8-15(18)20-14)6-13(9-21)19-16(22)23-10-11-4-2-1-3-5-11/h1-5,7-8,13,21H,6,9-10H2,(H,19,22). The molecule has 0 aliphatic heterocycles. The summed E-state index contributed by atoms with van der Waals surface area (Å²) in [6.07, 6.45) is -0.0866. The van der Waals surface area contributed by atoms with Gasteiger partial charge in [0, 0.05) is 0 Å². The Balaban J connectivity index is 1.87. The third kappa shape index (κ3) is 6.29. The number of carbonyl (C=O) groups excluding carboxylic acids is 1. The Morgan fingerprint density at radius 2 is 1.83 bits per heavy atom. The van der Waals surface area contributed by atoms with Gasteiger partial charge in [0.1, 0.15) is 15.8 Å². The van der Waals surface area contributed by atoms with Crippen LogP contribution >= 0.6 is 31.9 Å². The van der Waals surface area contributed by atoms with Crippen LogP contribution in [0.5, 0.6) is 0 Å². The predicted molar refractivity (Wildman–Crippen MR) is 94.0 cm³/mol. The van der Waals surface area contributed by atoms with Crippen molar-refractivity contribution in [3.63, 3.8) is 0 Å². The lowest BCUT2D eigenvalue weighted by molar-refractivity contribution is 0.129. The highest BCUT2D eigenvalue weighted by Gasteiger charge is 2.14. The lowest BCUT2D eigenvalue weighted by Crippen LogP contribution is -2.39. The maximum Gasteiger partial charge on any atom is 0.407 e. The number of benzene rings is 1. The molecule has 7 heteroatoms. The maximum atomic E-state index is 11.8. The SMILES string of the molecule is O=C(NC(CO)Cc1cc(Br)nc(Br)c1)OCc1ccccc1. The summed E-state index contributed by atoms with van der Waals surface area (Å²) in [7, 11) is 0. The molecule has 0 saturated carbocycles. The third-order valence-electron chi connectivity index (χ3n) is 3.06. The van der Waals surface area contributed by atoms with Crippen LogP contribution in [0.2, 0.25) is 0 Å². The second kappa shape index (κ2) is 9.00. The van der Waals surface area contributed by atoms with Crippen LogP contribution in [0, 0.1) is 0 Å². The average molecular weight is 444 g/mol. The third-order valence-corrected chi connectivity index (χ3v) is 3.87. The molecule has 0 fully saturated rings. The van der Waals surface area contributed by atoms with Crippen LogP contribution in [-0.2, 0) is 17.8 Å². The minimum absolute atomic E-state index is 0.183. The fourth-order valence-corrected chi connectivity index (χ4v) is 3.22. The molecule has 0 radical (unpaired) electrons. The number of carbonyl (C=O) groups is 1. The molecule has 0 saturated heterocycles. The molecule has 5 nitrogen and oxygen atoms in total. The number of nitrogens with one attached hydrogen (secondary N) is 1. The van der Waals surface area contributed by atoms with Crippen LogP contribution in [0.1, 0.15) is 11.1 Å². The summed E-state index contributed by atoms with van der Waals surface area (Å²) in [5.74, 6) is 0. The lowest BCUT2D eigenvalue weighted by Gasteiger charge is -2.16. The minimum Gasteiger partial charge on any atom is -0.445 e. The fraction of sp³-hybridized carbons (Fsp3) is 0.250. The Morgan fingerprint density at radius 3 is 2.43 bits per heavy atom. The molecular formula is C16H16Br2N2O3. The van der Waals surface area contributed by atoms with E-state index < -0.39 is 12.1 Å². The molecule has 122 valence electrons. The smallest absolute Gasteiger partial charge is 0.407 e. The summed E-state index contributed by atoms with van der Waals surface area (Å²) in [6.45, 7) is 0.00910. The molecule has 1 heterocycles. The van der Waals surface area contributed by atoms with E-state index in [2.05, 4.69) is 42.2 Å². The zero-order valence-electron chi connectivity index (χ0n) is 12.2. The number of rotatable bonds is 6. The van der Waals surface area contributed by atoms with Crippen molar-refractivity contribution in [1.29, 1.82) is 0 Å². The van der Waals surface area contributed by atoms with E-state index >= 15 is 0 Å². The molecule has 2 rings (SSSR count). The zero-order valence-corrected chi connectivity index (χ0v) is 15.4. The van der Waals surface area contributed by atoms with Gasteiger partial charge in [-0.25, -0.2) is 9.78 Å². The number of aliphatic hydroxyl groups excluding tert-OH is 1. The van der Waals surface area contributed by atoms with Gasteiger partial charge in [-0.3, -0.25) is 0 Å². The van der Waals surface area contributed by atoms with Gasteiger partial charge in [-0.2, -0.15) is 0 Å². The first-order chi connectivity index (χ1) is 11.1. The first kappa shape index (κ1) is 17.9. The van der Waals surface area contributed by atoms with E-state index in [0.717, 1.165) is 11.1 Å². The summed E-state index contributed by atoms with van der Waals surface area (Å²) in [4.78, 5) is 16.0. The van der Waals surface area contributed by atoms with Gasteiger partial charge in [0.25, 0.3) is 0 Å². The van der Waals surface area contributed by atoms with Gasteiger partial charge < -0.3 is 15.2 Å². The molecule has 1 amide bonds. The van der Waals surface area contributed by atoms with E-state index in [1.807, 2.05) is 42.5 Å². The summed E-state index contributed by atoms with van der Waals surface area (Å²) in [5, 5.41) is 12.1. The summed E-state index contributed by atoms with van der Waals surface area (Å²) >= 11 is 6.62. The second-order valence-corrected chi connectivity index (χ2v) is 6.54. The molecule has 1 aromatic carbocycles. The number of hydrogen-bond acceptors (Lipinski definition) is 4. The van der Waals surface area contributed by atoms with Crippen molar-refractivity contribution in [1.82, 2.24) is 10.3 Å². The number of pyridine rings is 1.